The van der Waals surface area contributed by atoms with E-state index in [1.54, 1.807) is 20.3 Å². The zero-order chi connectivity index (χ0) is 20.7. The van der Waals surface area contributed by atoms with Crippen LogP contribution in [0.15, 0.2) is 38.2 Å². The number of hydrogen-bond acceptors (Lipinski definition) is 7. The summed E-state index contributed by atoms with van der Waals surface area (Å²) in [6.07, 6.45) is 1.47. The van der Waals surface area contributed by atoms with Gasteiger partial charge in [0.15, 0.2) is 0 Å². The minimum absolute atomic E-state index is 0.171. The number of aromatic nitrogens is 3. The van der Waals surface area contributed by atoms with Gasteiger partial charge in [-0.25, -0.2) is 9.97 Å². The molecule has 3 heterocycles. The van der Waals surface area contributed by atoms with E-state index >= 15 is 0 Å². The van der Waals surface area contributed by atoms with Crippen LogP contribution in [0.4, 0.5) is 0 Å². The number of hydrogen-bond donors (Lipinski definition) is 0. The summed E-state index contributed by atoms with van der Waals surface area (Å²) in [6, 6.07) is 5.40. The Labute approximate surface area is 166 Å². The van der Waals surface area contributed by atoms with E-state index < -0.39 is 0 Å². The molecule has 1 aromatic carbocycles. The second-order valence-electron chi connectivity index (χ2n) is 6.73. The molecule has 8 nitrogen and oxygen atoms in total. The van der Waals surface area contributed by atoms with Crippen molar-refractivity contribution in [2.24, 2.45) is 0 Å². The SMILES string of the molecule is COc1ccc(-c2nc(Cn3cnc4oc(C)c(C)c4c3=O)c(C)o2)c(OC)c1. The van der Waals surface area contributed by atoms with E-state index in [-0.39, 0.29) is 12.1 Å². The molecule has 0 amide bonds. The summed E-state index contributed by atoms with van der Waals surface area (Å²) in [5.74, 6) is 2.97. The van der Waals surface area contributed by atoms with Crippen molar-refractivity contribution in [1.29, 1.82) is 0 Å². The second-order valence-corrected chi connectivity index (χ2v) is 6.73. The Morgan fingerprint density at radius 1 is 1.07 bits per heavy atom. The van der Waals surface area contributed by atoms with Gasteiger partial charge in [-0.3, -0.25) is 9.36 Å². The smallest absolute Gasteiger partial charge is 0.265 e. The molecule has 150 valence electrons. The third kappa shape index (κ3) is 3.16. The highest BCUT2D eigenvalue weighted by molar-refractivity contribution is 5.77. The van der Waals surface area contributed by atoms with Crippen molar-refractivity contribution in [3.63, 3.8) is 0 Å². The van der Waals surface area contributed by atoms with Gasteiger partial charge < -0.3 is 18.3 Å². The Hall–Kier alpha value is -3.55. The summed E-state index contributed by atoms with van der Waals surface area (Å²) in [5, 5.41) is 0.489. The Kier molecular flexibility index (Phi) is 4.62. The number of benzene rings is 1. The first-order chi connectivity index (χ1) is 13.9. The maximum absolute atomic E-state index is 12.9. The molecule has 29 heavy (non-hydrogen) atoms. The van der Waals surface area contributed by atoms with Crippen LogP contribution in [0.5, 0.6) is 11.5 Å². The van der Waals surface area contributed by atoms with E-state index in [4.69, 9.17) is 18.3 Å². The Bertz CT molecular complexity index is 1270. The lowest BCUT2D eigenvalue weighted by atomic mass is 10.2. The molecule has 0 aliphatic carbocycles. The molecule has 8 heteroatoms. The molecular weight excluding hydrogens is 374 g/mol. The molecule has 0 atom stereocenters. The van der Waals surface area contributed by atoms with Gasteiger partial charge in [-0.2, -0.15) is 0 Å². The summed E-state index contributed by atoms with van der Waals surface area (Å²) >= 11 is 0. The average molecular weight is 395 g/mol. The predicted molar refractivity (Wildman–Crippen MR) is 107 cm³/mol. The number of oxazole rings is 1. The number of aryl methyl sites for hydroxylation is 3. The zero-order valence-corrected chi connectivity index (χ0v) is 16.9. The topological polar surface area (TPSA) is 92.5 Å². The molecule has 0 spiro atoms. The maximum atomic E-state index is 12.9. The third-order valence-electron chi connectivity index (χ3n) is 5.01. The lowest BCUT2D eigenvalue weighted by Gasteiger charge is -2.07. The highest BCUT2D eigenvalue weighted by Gasteiger charge is 2.18. The number of fused-ring (bicyclic) bond motifs is 1. The lowest BCUT2D eigenvalue weighted by Crippen LogP contribution is -2.21. The molecule has 0 fully saturated rings. The van der Waals surface area contributed by atoms with Crippen molar-refractivity contribution in [3.8, 4) is 23.0 Å². The van der Waals surface area contributed by atoms with Gasteiger partial charge in [0.1, 0.15) is 40.4 Å². The highest BCUT2D eigenvalue weighted by atomic mass is 16.5. The quantitative estimate of drug-likeness (QED) is 0.509. The van der Waals surface area contributed by atoms with Crippen molar-refractivity contribution >= 4 is 11.1 Å². The first-order valence-corrected chi connectivity index (χ1v) is 9.06. The molecule has 0 saturated carbocycles. The number of rotatable bonds is 5. The maximum Gasteiger partial charge on any atom is 0.265 e. The van der Waals surface area contributed by atoms with Crippen LogP contribution in [0.1, 0.15) is 22.8 Å². The number of ether oxygens (including phenoxy) is 2. The van der Waals surface area contributed by atoms with Gasteiger partial charge in [-0.1, -0.05) is 0 Å². The van der Waals surface area contributed by atoms with Crippen molar-refractivity contribution in [3.05, 3.63) is 57.7 Å². The molecule has 3 aromatic heterocycles. The van der Waals surface area contributed by atoms with E-state index in [0.29, 0.717) is 51.3 Å². The summed E-state index contributed by atoms with van der Waals surface area (Å²) < 4.78 is 23.6. The number of furan rings is 1. The van der Waals surface area contributed by atoms with E-state index in [0.717, 1.165) is 5.56 Å². The minimum Gasteiger partial charge on any atom is -0.497 e. The first kappa shape index (κ1) is 18.8. The second kappa shape index (κ2) is 7.12. The molecule has 0 aliphatic rings. The van der Waals surface area contributed by atoms with Gasteiger partial charge in [0.05, 0.1) is 26.3 Å². The monoisotopic (exact) mass is 395 g/mol. The normalized spacial score (nSPS) is 11.2. The van der Waals surface area contributed by atoms with Gasteiger partial charge in [0.25, 0.3) is 5.56 Å². The van der Waals surface area contributed by atoms with Crippen molar-refractivity contribution in [1.82, 2.24) is 14.5 Å². The van der Waals surface area contributed by atoms with Gasteiger partial charge in [-0.05, 0) is 32.9 Å². The molecule has 4 rings (SSSR count). The first-order valence-electron chi connectivity index (χ1n) is 9.06. The summed E-state index contributed by atoms with van der Waals surface area (Å²) in [6.45, 7) is 5.71. The van der Waals surface area contributed by atoms with Crippen molar-refractivity contribution in [2.45, 2.75) is 27.3 Å². The van der Waals surface area contributed by atoms with Crippen LogP contribution in [0.3, 0.4) is 0 Å². The molecule has 0 radical (unpaired) electrons. The summed E-state index contributed by atoms with van der Waals surface area (Å²) in [5.41, 5.74) is 2.31. The van der Waals surface area contributed by atoms with Crippen LogP contribution in [0.25, 0.3) is 22.6 Å². The highest BCUT2D eigenvalue weighted by Crippen LogP contribution is 2.33. The van der Waals surface area contributed by atoms with Gasteiger partial charge in [0, 0.05) is 11.6 Å². The third-order valence-corrected chi connectivity index (χ3v) is 5.01. The van der Waals surface area contributed by atoms with Gasteiger partial charge >= 0.3 is 0 Å². The predicted octanol–water partition coefficient (Wildman–Crippen LogP) is 3.64. The van der Waals surface area contributed by atoms with Crippen molar-refractivity contribution < 1.29 is 18.3 Å². The molecule has 4 aromatic rings. The van der Waals surface area contributed by atoms with E-state index in [1.165, 1.54) is 10.9 Å². The number of nitrogens with zero attached hydrogens (tertiary/aromatic N) is 3. The molecular formula is C21H21N3O5. The van der Waals surface area contributed by atoms with Crippen molar-refractivity contribution in [2.75, 3.05) is 14.2 Å². The van der Waals surface area contributed by atoms with E-state index in [2.05, 4.69) is 9.97 Å². The fourth-order valence-electron chi connectivity index (χ4n) is 3.21. The van der Waals surface area contributed by atoms with Gasteiger partial charge in [-0.15, -0.1) is 0 Å². The Balaban J connectivity index is 1.73. The van der Waals surface area contributed by atoms with Crippen LogP contribution >= 0.6 is 0 Å². The molecule has 0 aliphatic heterocycles. The molecule has 0 bridgehead atoms. The van der Waals surface area contributed by atoms with Crippen LogP contribution in [-0.4, -0.2) is 28.8 Å². The Morgan fingerprint density at radius 3 is 2.59 bits per heavy atom. The molecule has 0 N–H and O–H groups in total. The zero-order valence-electron chi connectivity index (χ0n) is 16.9. The van der Waals surface area contributed by atoms with Gasteiger partial charge in [0.2, 0.25) is 11.6 Å². The van der Waals surface area contributed by atoms with Crippen LogP contribution in [0.2, 0.25) is 0 Å². The minimum atomic E-state index is -0.171. The van der Waals surface area contributed by atoms with E-state index in [9.17, 15) is 4.79 Å². The number of methoxy groups -OCH3 is 2. The summed E-state index contributed by atoms with van der Waals surface area (Å²) in [7, 11) is 3.17. The summed E-state index contributed by atoms with van der Waals surface area (Å²) in [4.78, 5) is 21.8. The average Bonchev–Trinajstić information content (AvgIpc) is 3.23. The fraction of sp³-hybridized carbons (Fsp3) is 0.286. The fourth-order valence-corrected chi connectivity index (χ4v) is 3.21. The Morgan fingerprint density at radius 2 is 1.86 bits per heavy atom. The standard InChI is InChI=1S/C21H21N3O5/c1-11-12(2)28-20-18(11)21(25)24(10-22-20)9-16-13(3)29-19(23-16)15-7-6-14(26-4)8-17(15)27-5/h6-8,10H,9H2,1-5H3. The lowest BCUT2D eigenvalue weighted by molar-refractivity contribution is 0.394. The largest absolute Gasteiger partial charge is 0.497 e. The van der Waals surface area contributed by atoms with Crippen LogP contribution in [-0.2, 0) is 6.54 Å². The molecule has 0 unspecified atom stereocenters. The van der Waals surface area contributed by atoms with E-state index in [1.807, 2.05) is 32.9 Å². The molecule has 0 saturated heterocycles. The van der Waals surface area contributed by atoms with Crippen LogP contribution in [0, 0.1) is 20.8 Å². The van der Waals surface area contributed by atoms with Crippen LogP contribution < -0.4 is 15.0 Å².